The van der Waals surface area contributed by atoms with Crippen molar-refractivity contribution in [1.82, 2.24) is 0 Å². The van der Waals surface area contributed by atoms with Crippen molar-refractivity contribution in [2.75, 3.05) is 0 Å². The van der Waals surface area contributed by atoms with E-state index in [1.165, 1.54) is 0 Å². The Hall–Kier alpha value is -0.370. The number of aliphatic hydroxyl groups is 1. The lowest BCUT2D eigenvalue weighted by atomic mass is 9.73. The predicted octanol–water partition coefficient (Wildman–Crippen LogP) is 3.42. The molecule has 0 aromatic rings. The van der Waals surface area contributed by atoms with E-state index < -0.39 is 11.5 Å². The summed E-state index contributed by atoms with van der Waals surface area (Å²) < 4.78 is 0. The molecule has 0 amide bonds. The molecular formula is C14H28O2. The number of rotatable bonds is 5. The number of Topliss-reactive ketones (excluding diaryl/α,β-unsaturated/α-hetero) is 1. The van der Waals surface area contributed by atoms with Crippen molar-refractivity contribution in [2.24, 2.45) is 16.7 Å². The van der Waals surface area contributed by atoms with Crippen LogP contribution in [0.4, 0.5) is 0 Å². The highest BCUT2D eigenvalue weighted by atomic mass is 16.3. The van der Waals surface area contributed by atoms with Gasteiger partial charge in [0.05, 0.1) is 0 Å². The molecule has 0 fully saturated rings. The molecule has 0 saturated carbocycles. The van der Waals surface area contributed by atoms with Crippen LogP contribution in [0.15, 0.2) is 0 Å². The molecule has 0 aliphatic carbocycles. The monoisotopic (exact) mass is 228 g/mol. The van der Waals surface area contributed by atoms with Crippen molar-refractivity contribution in [3.63, 3.8) is 0 Å². The number of hydrogen-bond acceptors (Lipinski definition) is 2. The third kappa shape index (κ3) is 4.65. The van der Waals surface area contributed by atoms with Gasteiger partial charge in [0.1, 0.15) is 6.10 Å². The van der Waals surface area contributed by atoms with E-state index in [1.54, 1.807) is 0 Å². The molecule has 0 radical (unpaired) electrons. The van der Waals surface area contributed by atoms with Gasteiger partial charge in [0.2, 0.25) is 0 Å². The maximum Gasteiger partial charge on any atom is 0.167 e. The topological polar surface area (TPSA) is 37.3 Å². The van der Waals surface area contributed by atoms with Crippen LogP contribution in [0.1, 0.15) is 61.3 Å². The fourth-order valence-corrected chi connectivity index (χ4v) is 1.56. The molecule has 0 aliphatic rings. The Morgan fingerprint density at radius 2 is 1.56 bits per heavy atom. The fraction of sp³-hybridized carbons (Fsp3) is 0.929. The minimum absolute atomic E-state index is 0.0544. The van der Waals surface area contributed by atoms with Crippen molar-refractivity contribution in [3.05, 3.63) is 0 Å². The van der Waals surface area contributed by atoms with Gasteiger partial charge in [-0.1, -0.05) is 54.9 Å². The lowest BCUT2D eigenvalue weighted by molar-refractivity contribution is -0.141. The average Bonchev–Trinajstić information content (AvgIpc) is 2.11. The minimum Gasteiger partial charge on any atom is -0.385 e. The Morgan fingerprint density at radius 1 is 1.12 bits per heavy atom. The maximum absolute atomic E-state index is 12.0. The Morgan fingerprint density at radius 3 is 1.88 bits per heavy atom. The lowest BCUT2D eigenvalue weighted by Gasteiger charge is -2.33. The highest BCUT2D eigenvalue weighted by molar-refractivity contribution is 5.88. The van der Waals surface area contributed by atoms with Crippen molar-refractivity contribution >= 4 is 5.78 Å². The quantitative estimate of drug-likeness (QED) is 0.783. The Balaban J connectivity index is 4.57. The number of hydrogen-bond donors (Lipinski definition) is 1. The first-order valence-electron chi connectivity index (χ1n) is 6.21. The van der Waals surface area contributed by atoms with Crippen molar-refractivity contribution < 1.29 is 9.90 Å². The van der Waals surface area contributed by atoms with Crippen molar-refractivity contribution in [2.45, 2.75) is 67.4 Å². The molecule has 2 heteroatoms. The van der Waals surface area contributed by atoms with Gasteiger partial charge in [-0.25, -0.2) is 0 Å². The zero-order valence-corrected chi connectivity index (χ0v) is 11.9. The summed E-state index contributed by atoms with van der Waals surface area (Å²) in [5.74, 6) is 0.553. The highest BCUT2D eigenvalue weighted by Crippen LogP contribution is 2.33. The van der Waals surface area contributed by atoms with Crippen LogP contribution in [-0.2, 0) is 4.79 Å². The number of carbonyl (C=O) groups is 1. The first kappa shape index (κ1) is 15.6. The second kappa shape index (κ2) is 5.31. The lowest BCUT2D eigenvalue weighted by Crippen LogP contribution is -2.42. The average molecular weight is 228 g/mol. The molecule has 0 unspecified atom stereocenters. The molecule has 0 aromatic heterocycles. The van der Waals surface area contributed by atoms with Gasteiger partial charge in [0, 0.05) is 5.41 Å². The summed E-state index contributed by atoms with van der Waals surface area (Å²) in [5, 5.41) is 10.1. The molecule has 16 heavy (non-hydrogen) atoms. The van der Waals surface area contributed by atoms with Gasteiger partial charge in [-0.05, 0) is 17.8 Å². The van der Waals surface area contributed by atoms with E-state index in [4.69, 9.17) is 0 Å². The molecule has 0 spiro atoms. The summed E-state index contributed by atoms with van der Waals surface area (Å²) in [6.07, 6.45) is 1.07. The number of carbonyl (C=O) groups excluding carboxylic acids is 1. The summed E-state index contributed by atoms with van der Waals surface area (Å²) in [6.45, 7) is 13.8. The van der Waals surface area contributed by atoms with E-state index in [0.717, 1.165) is 12.8 Å². The maximum atomic E-state index is 12.0. The van der Waals surface area contributed by atoms with Crippen LogP contribution in [-0.4, -0.2) is 17.0 Å². The van der Waals surface area contributed by atoms with Gasteiger partial charge in [-0.15, -0.1) is 0 Å². The molecule has 96 valence electrons. The molecule has 0 aromatic carbocycles. The van der Waals surface area contributed by atoms with E-state index in [1.807, 2.05) is 34.6 Å². The number of aliphatic hydroxyl groups excluding tert-OH is 1. The largest absolute Gasteiger partial charge is 0.385 e. The molecule has 0 saturated heterocycles. The second-order valence-electron chi connectivity index (χ2n) is 6.94. The fourth-order valence-electron chi connectivity index (χ4n) is 1.56. The van der Waals surface area contributed by atoms with Gasteiger partial charge in [0.25, 0.3) is 0 Å². The highest BCUT2D eigenvalue weighted by Gasteiger charge is 2.38. The summed E-state index contributed by atoms with van der Waals surface area (Å²) in [6, 6.07) is 0. The molecule has 1 N–H and O–H groups in total. The van der Waals surface area contributed by atoms with Crippen LogP contribution in [0, 0.1) is 16.7 Å². The predicted molar refractivity (Wildman–Crippen MR) is 68.3 cm³/mol. The summed E-state index contributed by atoms with van der Waals surface area (Å²) >= 11 is 0. The Kier molecular flexibility index (Phi) is 5.18. The first-order valence-corrected chi connectivity index (χ1v) is 6.21. The van der Waals surface area contributed by atoms with Gasteiger partial charge in [-0.3, -0.25) is 4.79 Å². The molecule has 1 atom stereocenters. The Bertz CT molecular complexity index is 234. The Labute approximate surface area is 100 Å². The summed E-state index contributed by atoms with van der Waals surface area (Å²) in [4.78, 5) is 12.0. The standard InChI is InChI=1S/C14H28O2/c1-10(2)8-9-14(6,7)12(16)11(15)13(3,4)5/h10,12,16H,8-9H2,1-7H3/t12-/m0/s1. The van der Waals surface area contributed by atoms with E-state index in [-0.39, 0.29) is 11.2 Å². The van der Waals surface area contributed by atoms with Gasteiger partial charge in [0.15, 0.2) is 5.78 Å². The van der Waals surface area contributed by atoms with E-state index in [0.29, 0.717) is 5.92 Å². The summed E-state index contributed by atoms with van der Waals surface area (Å²) in [5.41, 5.74) is -0.789. The van der Waals surface area contributed by atoms with Crippen LogP contribution in [0.3, 0.4) is 0 Å². The zero-order valence-electron chi connectivity index (χ0n) is 11.9. The van der Waals surface area contributed by atoms with Crippen LogP contribution in [0.25, 0.3) is 0 Å². The third-order valence-electron chi connectivity index (χ3n) is 3.09. The van der Waals surface area contributed by atoms with Crippen LogP contribution in [0.2, 0.25) is 0 Å². The SMILES string of the molecule is CC(C)CCC(C)(C)[C@@H](O)C(=O)C(C)(C)C. The molecule has 0 aliphatic heterocycles. The second-order valence-corrected chi connectivity index (χ2v) is 6.94. The van der Waals surface area contributed by atoms with E-state index >= 15 is 0 Å². The van der Waals surface area contributed by atoms with Crippen LogP contribution < -0.4 is 0 Å². The molecule has 2 nitrogen and oxygen atoms in total. The third-order valence-corrected chi connectivity index (χ3v) is 3.09. The molecule has 0 heterocycles. The molecular weight excluding hydrogens is 200 g/mol. The molecule has 0 rings (SSSR count). The van der Waals surface area contributed by atoms with Gasteiger partial charge >= 0.3 is 0 Å². The summed E-state index contributed by atoms with van der Waals surface area (Å²) in [7, 11) is 0. The smallest absolute Gasteiger partial charge is 0.167 e. The molecule has 0 bridgehead atoms. The zero-order chi connectivity index (χ0) is 13.1. The van der Waals surface area contributed by atoms with Crippen molar-refractivity contribution in [3.8, 4) is 0 Å². The van der Waals surface area contributed by atoms with Gasteiger partial charge < -0.3 is 5.11 Å². The van der Waals surface area contributed by atoms with Crippen LogP contribution >= 0.6 is 0 Å². The van der Waals surface area contributed by atoms with E-state index in [9.17, 15) is 9.90 Å². The van der Waals surface area contributed by atoms with Gasteiger partial charge in [-0.2, -0.15) is 0 Å². The normalized spacial score (nSPS) is 15.3. The van der Waals surface area contributed by atoms with Crippen molar-refractivity contribution in [1.29, 1.82) is 0 Å². The van der Waals surface area contributed by atoms with E-state index in [2.05, 4.69) is 13.8 Å². The van der Waals surface area contributed by atoms with Crippen LogP contribution in [0.5, 0.6) is 0 Å². The first-order chi connectivity index (χ1) is 6.98. The number of ketones is 1. The minimum atomic E-state index is -0.855.